The van der Waals surface area contributed by atoms with Crippen molar-refractivity contribution in [1.29, 1.82) is 0 Å². The average Bonchev–Trinajstić information content (AvgIpc) is 3.14. The Hall–Kier alpha value is -2.07. The van der Waals surface area contributed by atoms with Crippen molar-refractivity contribution in [3.63, 3.8) is 0 Å². The van der Waals surface area contributed by atoms with E-state index in [9.17, 15) is 18.3 Å². The predicted octanol–water partition coefficient (Wildman–Crippen LogP) is 2.79. The number of sulfonamides is 1. The molecular weight excluding hydrogens is 429 g/mol. The van der Waals surface area contributed by atoms with Crippen LogP contribution in [-0.2, 0) is 21.4 Å². The Labute approximate surface area is 171 Å². The highest BCUT2D eigenvalue weighted by Crippen LogP contribution is 2.36. The van der Waals surface area contributed by atoms with E-state index >= 15 is 0 Å². The monoisotopic (exact) mass is 445 g/mol. The number of rotatable bonds is 6. The Morgan fingerprint density at radius 2 is 2.11 bits per heavy atom. The summed E-state index contributed by atoms with van der Waals surface area (Å²) >= 11 is 12.5. The number of nitrogen functional groups attached to an aromatic ring is 1. The summed E-state index contributed by atoms with van der Waals surface area (Å²) in [5, 5.41) is 9.39. The number of aromatic nitrogens is 1. The van der Waals surface area contributed by atoms with E-state index in [1.807, 2.05) is 0 Å². The van der Waals surface area contributed by atoms with Crippen molar-refractivity contribution in [3.05, 3.63) is 46.1 Å². The molecule has 0 radical (unpaired) electrons. The van der Waals surface area contributed by atoms with Gasteiger partial charge in [-0.2, -0.15) is 4.31 Å². The third-order valence-electron chi connectivity index (χ3n) is 4.40. The summed E-state index contributed by atoms with van der Waals surface area (Å²) in [6.07, 6.45) is 2.21. The SMILES string of the molecule is Nc1ncccc1OCc1c(Cl)ccc(S(=O)(=O)N2CCC[C@H]2C(=O)O)c1Cl. The number of carboxylic acid groups (broad SMARTS) is 1. The maximum atomic E-state index is 13.0. The highest BCUT2D eigenvalue weighted by atomic mass is 35.5. The fourth-order valence-corrected chi connectivity index (χ4v) is 5.50. The van der Waals surface area contributed by atoms with Crippen molar-refractivity contribution < 1.29 is 23.1 Å². The Morgan fingerprint density at radius 3 is 2.79 bits per heavy atom. The summed E-state index contributed by atoms with van der Waals surface area (Å²) in [4.78, 5) is 15.1. The number of anilines is 1. The molecule has 1 atom stereocenters. The normalized spacial score (nSPS) is 17.6. The Bertz CT molecular complexity index is 1020. The number of nitrogens with zero attached hydrogens (tertiary/aromatic N) is 2. The van der Waals surface area contributed by atoms with Gasteiger partial charge in [0.1, 0.15) is 17.5 Å². The molecule has 150 valence electrons. The van der Waals surface area contributed by atoms with Gasteiger partial charge in [0.05, 0.1) is 5.02 Å². The van der Waals surface area contributed by atoms with Crippen LogP contribution >= 0.6 is 23.2 Å². The summed E-state index contributed by atoms with van der Waals surface area (Å²) in [5.74, 6) is -0.727. The molecule has 0 unspecified atom stereocenters. The minimum atomic E-state index is -4.12. The van der Waals surface area contributed by atoms with Gasteiger partial charge in [-0.1, -0.05) is 23.2 Å². The van der Waals surface area contributed by atoms with Gasteiger partial charge in [0, 0.05) is 23.3 Å². The van der Waals surface area contributed by atoms with Crippen LogP contribution in [0.1, 0.15) is 18.4 Å². The molecule has 28 heavy (non-hydrogen) atoms. The van der Waals surface area contributed by atoms with E-state index in [0.29, 0.717) is 12.2 Å². The second-order valence-electron chi connectivity index (χ2n) is 6.13. The number of carboxylic acids is 1. The number of aliphatic carboxylic acids is 1. The predicted molar refractivity (Wildman–Crippen MR) is 104 cm³/mol. The molecular formula is C17H17Cl2N3O5S. The number of pyridine rings is 1. The number of hydrogen-bond donors (Lipinski definition) is 2. The molecule has 1 aromatic heterocycles. The molecule has 2 heterocycles. The zero-order valence-electron chi connectivity index (χ0n) is 14.5. The lowest BCUT2D eigenvalue weighted by Gasteiger charge is -2.22. The molecule has 3 N–H and O–H groups in total. The van der Waals surface area contributed by atoms with E-state index in [4.69, 9.17) is 33.7 Å². The van der Waals surface area contributed by atoms with E-state index in [2.05, 4.69) is 4.98 Å². The molecule has 1 fully saturated rings. The van der Waals surface area contributed by atoms with Crippen molar-refractivity contribution in [2.45, 2.75) is 30.4 Å². The minimum absolute atomic E-state index is 0.107. The van der Waals surface area contributed by atoms with Gasteiger partial charge in [-0.25, -0.2) is 13.4 Å². The Morgan fingerprint density at radius 1 is 1.36 bits per heavy atom. The van der Waals surface area contributed by atoms with Gasteiger partial charge in [-0.3, -0.25) is 4.79 Å². The lowest BCUT2D eigenvalue weighted by Crippen LogP contribution is -2.40. The van der Waals surface area contributed by atoms with Gasteiger partial charge >= 0.3 is 5.97 Å². The van der Waals surface area contributed by atoms with Gasteiger partial charge in [0.2, 0.25) is 10.0 Å². The first-order chi connectivity index (χ1) is 13.2. The summed E-state index contributed by atoms with van der Waals surface area (Å²) in [5.41, 5.74) is 5.97. The van der Waals surface area contributed by atoms with Gasteiger partial charge in [-0.15, -0.1) is 0 Å². The first-order valence-corrected chi connectivity index (χ1v) is 10.5. The zero-order valence-corrected chi connectivity index (χ0v) is 16.8. The van der Waals surface area contributed by atoms with E-state index in [1.54, 1.807) is 12.1 Å². The minimum Gasteiger partial charge on any atom is -0.485 e. The molecule has 0 spiro atoms. The van der Waals surface area contributed by atoms with Crippen LogP contribution in [0.5, 0.6) is 5.75 Å². The van der Waals surface area contributed by atoms with Crippen LogP contribution in [-0.4, -0.2) is 41.4 Å². The number of carbonyl (C=O) groups is 1. The quantitative estimate of drug-likeness (QED) is 0.700. The van der Waals surface area contributed by atoms with E-state index in [1.165, 1.54) is 18.3 Å². The molecule has 0 amide bonds. The van der Waals surface area contributed by atoms with Crippen molar-refractivity contribution in [3.8, 4) is 5.75 Å². The second kappa shape index (κ2) is 8.12. The molecule has 1 aromatic carbocycles. The molecule has 1 aliphatic rings. The van der Waals surface area contributed by atoms with Gasteiger partial charge in [-0.05, 0) is 37.1 Å². The van der Waals surface area contributed by atoms with Crippen LogP contribution in [0.4, 0.5) is 5.82 Å². The number of hydrogen-bond acceptors (Lipinski definition) is 6. The van der Waals surface area contributed by atoms with Crippen molar-refractivity contribution in [1.82, 2.24) is 9.29 Å². The van der Waals surface area contributed by atoms with E-state index in [-0.39, 0.29) is 45.9 Å². The summed E-state index contributed by atoms with van der Waals surface area (Å²) in [7, 11) is -4.12. The van der Waals surface area contributed by atoms with Gasteiger partial charge in [0.15, 0.2) is 11.6 Å². The number of nitrogens with two attached hydrogens (primary N) is 1. The molecule has 8 nitrogen and oxygen atoms in total. The molecule has 0 bridgehead atoms. The molecule has 11 heteroatoms. The first-order valence-electron chi connectivity index (χ1n) is 8.28. The fraction of sp³-hybridized carbons (Fsp3) is 0.294. The average molecular weight is 446 g/mol. The van der Waals surface area contributed by atoms with Crippen LogP contribution in [0.2, 0.25) is 10.0 Å². The highest BCUT2D eigenvalue weighted by molar-refractivity contribution is 7.89. The summed E-state index contributed by atoms with van der Waals surface area (Å²) < 4.78 is 32.6. The van der Waals surface area contributed by atoms with Crippen LogP contribution in [0.15, 0.2) is 35.4 Å². The smallest absolute Gasteiger partial charge is 0.322 e. The molecule has 0 aliphatic carbocycles. The second-order valence-corrected chi connectivity index (χ2v) is 8.77. The molecule has 0 saturated carbocycles. The standard InChI is InChI=1S/C17H17Cl2N3O5S/c18-11-5-6-14(28(25,26)22-8-2-3-12(22)17(23)24)15(19)10(11)9-27-13-4-1-7-21-16(13)20/h1,4-7,12H,2-3,8-9H2,(H2,20,21)(H,23,24)/t12-/m0/s1. The molecule has 1 saturated heterocycles. The van der Waals surface area contributed by atoms with Crippen LogP contribution in [0.25, 0.3) is 0 Å². The van der Waals surface area contributed by atoms with Gasteiger partial charge < -0.3 is 15.6 Å². The lowest BCUT2D eigenvalue weighted by atomic mass is 10.2. The van der Waals surface area contributed by atoms with E-state index < -0.39 is 22.0 Å². The topological polar surface area (TPSA) is 123 Å². The molecule has 2 aromatic rings. The first kappa shape index (κ1) is 20.7. The van der Waals surface area contributed by atoms with Crippen LogP contribution in [0, 0.1) is 0 Å². The van der Waals surface area contributed by atoms with Crippen molar-refractivity contribution >= 4 is 45.0 Å². The van der Waals surface area contributed by atoms with E-state index in [0.717, 1.165) is 4.31 Å². The Kier molecular flexibility index (Phi) is 5.99. The van der Waals surface area contributed by atoms with Gasteiger partial charge in [0.25, 0.3) is 0 Å². The molecule has 1 aliphatic heterocycles. The number of ether oxygens (including phenoxy) is 1. The maximum Gasteiger partial charge on any atom is 0.322 e. The Balaban J connectivity index is 1.94. The zero-order chi connectivity index (χ0) is 20.5. The highest BCUT2D eigenvalue weighted by Gasteiger charge is 2.40. The third kappa shape index (κ3) is 3.88. The van der Waals surface area contributed by atoms with Crippen LogP contribution < -0.4 is 10.5 Å². The third-order valence-corrected chi connectivity index (χ3v) is 7.25. The fourth-order valence-electron chi connectivity index (χ4n) is 2.98. The summed E-state index contributed by atoms with van der Waals surface area (Å²) in [6.45, 7) is -0.0322. The number of benzene rings is 1. The largest absolute Gasteiger partial charge is 0.485 e. The van der Waals surface area contributed by atoms with Crippen molar-refractivity contribution in [2.75, 3.05) is 12.3 Å². The van der Waals surface area contributed by atoms with Crippen molar-refractivity contribution in [2.24, 2.45) is 0 Å². The lowest BCUT2D eigenvalue weighted by molar-refractivity contribution is -0.140. The maximum absolute atomic E-state index is 13.0. The summed E-state index contributed by atoms with van der Waals surface area (Å²) in [6, 6.07) is 4.77. The van der Waals surface area contributed by atoms with Crippen LogP contribution in [0.3, 0.4) is 0 Å². The molecule has 3 rings (SSSR count). The number of halogens is 2.